The molecule has 0 saturated carbocycles. The Labute approximate surface area is 156 Å². The molecule has 7 heteroatoms. The Morgan fingerprint density at radius 1 is 1.04 bits per heavy atom. The van der Waals surface area contributed by atoms with Gasteiger partial charge in [0, 0.05) is 37.4 Å². The van der Waals surface area contributed by atoms with Gasteiger partial charge in [-0.2, -0.15) is 0 Å². The molecule has 136 valence electrons. The molecular formula is C19H21N3O3S. The van der Waals surface area contributed by atoms with E-state index in [-0.39, 0.29) is 24.1 Å². The van der Waals surface area contributed by atoms with Crippen molar-refractivity contribution in [1.82, 2.24) is 9.80 Å². The van der Waals surface area contributed by atoms with Gasteiger partial charge in [0.1, 0.15) is 0 Å². The van der Waals surface area contributed by atoms with Crippen LogP contribution < -0.4 is 5.32 Å². The number of carbonyl (C=O) groups excluding carboxylic acids is 3. The highest BCUT2D eigenvalue weighted by Gasteiger charge is 2.25. The van der Waals surface area contributed by atoms with Crippen molar-refractivity contribution in [3.8, 4) is 0 Å². The molecule has 1 aliphatic heterocycles. The highest BCUT2D eigenvalue weighted by atomic mass is 32.1. The van der Waals surface area contributed by atoms with E-state index in [4.69, 9.17) is 0 Å². The summed E-state index contributed by atoms with van der Waals surface area (Å²) >= 11 is 1.43. The van der Waals surface area contributed by atoms with Crippen LogP contribution in [0.1, 0.15) is 27.0 Å². The summed E-state index contributed by atoms with van der Waals surface area (Å²) in [6.45, 7) is 3.84. The zero-order valence-corrected chi connectivity index (χ0v) is 15.4. The van der Waals surface area contributed by atoms with Crippen molar-refractivity contribution >= 4 is 34.6 Å². The molecule has 1 fully saturated rings. The Bertz CT molecular complexity index is 796. The van der Waals surface area contributed by atoms with Gasteiger partial charge in [-0.25, -0.2) is 0 Å². The van der Waals surface area contributed by atoms with Gasteiger partial charge in [0.15, 0.2) is 5.78 Å². The minimum absolute atomic E-state index is 0.00786. The summed E-state index contributed by atoms with van der Waals surface area (Å²) in [4.78, 5) is 40.4. The first-order chi connectivity index (χ1) is 12.5. The predicted octanol–water partition coefficient (Wildman–Crippen LogP) is 2.35. The first-order valence-electron chi connectivity index (χ1n) is 8.50. The number of ketones is 1. The molecule has 0 unspecified atom stereocenters. The fourth-order valence-corrected chi connectivity index (χ4v) is 3.54. The number of carbonyl (C=O) groups is 3. The van der Waals surface area contributed by atoms with Crippen LogP contribution in [0.15, 0.2) is 41.8 Å². The van der Waals surface area contributed by atoms with E-state index in [9.17, 15) is 14.4 Å². The van der Waals surface area contributed by atoms with Crippen molar-refractivity contribution in [2.24, 2.45) is 0 Å². The summed E-state index contributed by atoms with van der Waals surface area (Å²) in [6, 6.07) is 10.8. The molecule has 0 aliphatic carbocycles. The van der Waals surface area contributed by atoms with Gasteiger partial charge in [0.2, 0.25) is 5.91 Å². The van der Waals surface area contributed by atoms with Gasteiger partial charge in [-0.3, -0.25) is 14.4 Å². The van der Waals surface area contributed by atoms with Gasteiger partial charge in [-0.05, 0) is 30.5 Å². The van der Waals surface area contributed by atoms with E-state index in [0.29, 0.717) is 31.7 Å². The fraction of sp³-hybridized carbons (Fsp3) is 0.316. The molecule has 26 heavy (non-hydrogen) atoms. The van der Waals surface area contributed by atoms with E-state index in [1.54, 1.807) is 28.0 Å². The average molecular weight is 371 g/mol. The zero-order chi connectivity index (χ0) is 18.5. The van der Waals surface area contributed by atoms with Crippen LogP contribution >= 0.6 is 11.3 Å². The highest BCUT2D eigenvalue weighted by molar-refractivity contribution is 7.12. The van der Waals surface area contributed by atoms with Crippen LogP contribution in [-0.2, 0) is 4.79 Å². The van der Waals surface area contributed by atoms with Gasteiger partial charge < -0.3 is 15.1 Å². The third-order valence-corrected chi connectivity index (χ3v) is 5.22. The number of hydrogen-bond acceptors (Lipinski definition) is 5. The van der Waals surface area contributed by atoms with Crippen LogP contribution in [0.5, 0.6) is 0 Å². The van der Waals surface area contributed by atoms with Crippen LogP contribution in [0.25, 0.3) is 0 Å². The number of nitrogens with zero attached hydrogens (tertiary/aromatic N) is 2. The third-order valence-electron chi connectivity index (χ3n) is 4.36. The van der Waals surface area contributed by atoms with Crippen LogP contribution in [0.4, 0.5) is 5.69 Å². The molecule has 1 saturated heterocycles. The normalized spacial score (nSPS) is 14.2. The summed E-state index contributed by atoms with van der Waals surface area (Å²) < 4.78 is 0. The van der Waals surface area contributed by atoms with Crippen molar-refractivity contribution in [2.45, 2.75) is 6.92 Å². The molecule has 2 amide bonds. The number of thiophene rings is 1. The van der Waals surface area contributed by atoms with Crippen molar-refractivity contribution < 1.29 is 14.4 Å². The maximum Gasteiger partial charge on any atom is 0.264 e. The number of benzene rings is 1. The molecule has 0 atom stereocenters. The van der Waals surface area contributed by atoms with Crippen molar-refractivity contribution in [1.29, 1.82) is 0 Å². The summed E-state index contributed by atoms with van der Waals surface area (Å²) in [5, 5.41) is 4.96. The quantitative estimate of drug-likeness (QED) is 0.819. The van der Waals surface area contributed by atoms with Gasteiger partial charge in [0.25, 0.3) is 5.91 Å². The second-order valence-electron chi connectivity index (χ2n) is 6.14. The van der Waals surface area contributed by atoms with Crippen LogP contribution in [0, 0.1) is 0 Å². The third kappa shape index (κ3) is 4.29. The number of hydrogen-bond donors (Lipinski definition) is 1. The van der Waals surface area contributed by atoms with Gasteiger partial charge in [-0.15, -0.1) is 11.3 Å². The summed E-state index contributed by atoms with van der Waals surface area (Å²) in [5.74, 6) is 0.0132. The molecule has 0 bridgehead atoms. The van der Waals surface area contributed by atoms with Crippen molar-refractivity contribution in [3.05, 3.63) is 52.2 Å². The molecule has 0 radical (unpaired) electrons. The number of amides is 2. The van der Waals surface area contributed by atoms with E-state index in [2.05, 4.69) is 5.32 Å². The first-order valence-corrected chi connectivity index (χ1v) is 9.38. The molecule has 6 nitrogen and oxygen atoms in total. The van der Waals surface area contributed by atoms with Crippen molar-refractivity contribution in [2.75, 3.05) is 38.0 Å². The molecule has 1 N–H and O–H groups in total. The summed E-state index contributed by atoms with van der Waals surface area (Å²) in [7, 11) is 0. The predicted molar refractivity (Wildman–Crippen MR) is 102 cm³/mol. The second-order valence-corrected chi connectivity index (χ2v) is 7.09. The number of Topliss-reactive ketones (excluding diaryl/α,β-unsaturated/α-hetero) is 1. The van der Waals surface area contributed by atoms with Gasteiger partial charge >= 0.3 is 0 Å². The highest BCUT2D eigenvalue weighted by Crippen LogP contribution is 2.14. The van der Waals surface area contributed by atoms with Crippen LogP contribution in [0.3, 0.4) is 0 Å². The summed E-state index contributed by atoms with van der Waals surface area (Å²) in [6.07, 6.45) is 0. The lowest BCUT2D eigenvalue weighted by molar-refractivity contribution is -0.130. The van der Waals surface area contributed by atoms with Crippen LogP contribution in [0.2, 0.25) is 0 Å². The van der Waals surface area contributed by atoms with Gasteiger partial charge in [-0.1, -0.05) is 18.2 Å². The van der Waals surface area contributed by atoms with E-state index < -0.39 is 0 Å². The number of rotatable bonds is 5. The minimum Gasteiger partial charge on any atom is -0.376 e. The van der Waals surface area contributed by atoms with E-state index in [1.165, 1.54) is 18.3 Å². The molecule has 1 aromatic carbocycles. The molecule has 1 aromatic heterocycles. The Hall–Kier alpha value is -2.67. The Kier molecular flexibility index (Phi) is 5.68. The maximum atomic E-state index is 12.4. The topological polar surface area (TPSA) is 69.7 Å². The average Bonchev–Trinajstić information content (AvgIpc) is 3.20. The van der Waals surface area contributed by atoms with Crippen LogP contribution in [-0.4, -0.2) is 60.1 Å². The summed E-state index contributed by atoms with van der Waals surface area (Å²) in [5.41, 5.74) is 1.36. The van der Waals surface area contributed by atoms with E-state index in [1.807, 2.05) is 23.6 Å². The minimum atomic E-state index is -0.0125. The number of piperazine rings is 1. The molecule has 2 heterocycles. The Morgan fingerprint density at radius 2 is 1.77 bits per heavy atom. The standard InChI is InChI=1S/C19H21N3O3S/c1-14(23)15-4-2-5-16(12-15)20-13-18(24)21-7-9-22(10-8-21)19(25)17-6-3-11-26-17/h2-6,11-12,20H,7-10,13H2,1H3. The maximum absolute atomic E-state index is 12.4. The molecular weight excluding hydrogens is 350 g/mol. The van der Waals surface area contributed by atoms with E-state index in [0.717, 1.165) is 10.6 Å². The first kappa shape index (κ1) is 18.1. The monoisotopic (exact) mass is 371 g/mol. The lowest BCUT2D eigenvalue weighted by Gasteiger charge is -2.34. The second kappa shape index (κ2) is 8.14. The fourth-order valence-electron chi connectivity index (χ4n) is 2.85. The van der Waals surface area contributed by atoms with Gasteiger partial charge in [0.05, 0.1) is 11.4 Å². The molecule has 2 aromatic rings. The Morgan fingerprint density at radius 3 is 2.42 bits per heavy atom. The lowest BCUT2D eigenvalue weighted by atomic mass is 10.1. The number of anilines is 1. The van der Waals surface area contributed by atoms with Crippen molar-refractivity contribution in [3.63, 3.8) is 0 Å². The Balaban J connectivity index is 1.49. The smallest absolute Gasteiger partial charge is 0.264 e. The molecule has 3 rings (SSSR count). The zero-order valence-electron chi connectivity index (χ0n) is 14.6. The lowest BCUT2D eigenvalue weighted by Crippen LogP contribution is -2.51. The molecule has 1 aliphatic rings. The largest absolute Gasteiger partial charge is 0.376 e. The molecule has 0 spiro atoms. The van der Waals surface area contributed by atoms with E-state index >= 15 is 0 Å². The number of nitrogens with one attached hydrogen (secondary N) is 1. The SMILES string of the molecule is CC(=O)c1cccc(NCC(=O)N2CCN(C(=O)c3cccs3)CC2)c1.